The second-order valence-electron chi connectivity index (χ2n) is 11.3. The molecule has 7 unspecified atom stereocenters. The van der Waals surface area contributed by atoms with E-state index in [0.717, 1.165) is 67.4 Å². The van der Waals surface area contributed by atoms with Crippen LogP contribution in [0.3, 0.4) is 0 Å². The lowest BCUT2D eigenvalue weighted by molar-refractivity contribution is -0.0319. The summed E-state index contributed by atoms with van der Waals surface area (Å²) < 4.78 is 5.67. The van der Waals surface area contributed by atoms with E-state index in [0.29, 0.717) is 19.3 Å². The summed E-state index contributed by atoms with van der Waals surface area (Å²) in [6.07, 6.45) is 16.3. The monoisotopic (exact) mass is 427 g/mol. The molecule has 0 bridgehead atoms. The third-order valence-corrected chi connectivity index (χ3v) is 10.1. The normalized spacial score (nSPS) is 42.4. The maximum absolute atomic E-state index is 13.6. The summed E-state index contributed by atoms with van der Waals surface area (Å²) in [5.41, 5.74) is 1.13. The van der Waals surface area contributed by atoms with Crippen LogP contribution in [0.25, 0.3) is 0 Å². The summed E-state index contributed by atoms with van der Waals surface area (Å²) in [5.74, 6) is 5.91. The van der Waals surface area contributed by atoms with Crippen molar-refractivity contribution >= 4 is 6.03 Å². The summed E-state index contributed by atoms with van der Waals surface area (Å²) in [7, 11) is 0. The quantitative estimate of drug-likeness (QED) is 0.717. The molecular formula is C26H41N3O2. The zero-order chi connectivity index (χ0) is 20.8. The number of nitrogens with zero attached hydrogens (tertiary/aromatic N) is 2. The third-order valence-electron chi connectivity index (χ3n) is 10.1. The fourth-order valence-electron chi connectivity index (χ4n) is 8.75. The van der Waals surface area contributed by atoms with Crippen LogP contribution in [0.4, 0.5) is 4.79 Å². The molecule has 5 fully saturated rings. The van der Waals surface area contributed by atoms with Gasteiger partial charge in [0.1, 0.15) is 0 Å². The molecule has 7 atom stereocenters. The first-order valence-electron chi connectivity index (χ1n) is 13.3. The molecule has 31 heavy (non-hydrogen) atoms. The molecular weight excluding hydrogens is 386 g/mol. The summed E-state index contributed by atoms with van der Waals surface area (Å²) >= 11 is 0. The highest BCUT2D eigenvalue weighted by Gasteiger charge is 2.50. The molecule has 172 valence electrons. The SMILES string of the molecule is O=C(N1CCNCC1)N(C1=CCOC1)C1CCC2C(CCC3C4CCCC4CCC23)C1. The molecule has 0 aromatic carbocycles. The number of fused-ring (bicyclic) bond motifs is 5. The van der Waals surface area contributed by atoms with Gasteiger partial charge in [0.05, 0.1) is 13.2 Å². The minimum Gasteiger partial charge on any atom is -0.371 e. The fraction of sp³-hybridized carbons (Fsp3) is 0.885. The Hall–Kier alpha value is -1.07. The Morgan fingerprint density at radius 3 is 2.42 bits per heavy atom. The highest BCUT2D eigenvalue weighted by atomic mass is 16.5. The molecule has 4 aliphatic carbocycles. The molecule has 5 heteroatoms. The lowest BCUT2D eigenvalue weighted by Gasteiger charge is -2.54. The van der Waals surface area contributed by atoms with Crippen molar-refractivity contribution in [3.05, 3.63) is 11.8 Å². The highest BCUT2D eigenvalue weighted by Crippen LogP contribution is 2.58. The van der Waals surface area contributed by atoms with Crippen molar-refractivity contribution in [1.29, 1.82) is 0 Å². The molecule has 2 amide bonds. The van der Waals surface area contributed by atoms with Gasteiger partial charge in [0, 0.05) is 37.9 Å². The van der Waals surface area contributed by atoms with Crippen molar-refractivity contribution in [2.24, 2.45) is 35.5 Å². The molecule has 2 aliphatic heterocycles. The molecule has 0 aromatic rings. The smallest absolute Gasteiger partial charge is 0.324 e. The molecule has 4 saturated carbocycles. The van der Waals surface area contributed by atoms with E-state index < -0.39 is 0 Å². The Labute approximate surface area is 187 Å². The van der Waals surface area contributed by atoms with E-state index >= 15 is 0 Å². The molecule has 1 N–H and O–H groups in total. The lowest BCUT2D eigenvalue weighted by atomic mass is 9.53. The van der Waals surface area contributed by atoms with Crippen LogP contribution in [0, 0.1) is 35.5 Å². The number of ether oxygens (including phenoxy) is 1. The number of nitrogens with one attached hydrogen (secondary N) is 1. The first kappa shape index (κ1) is 20.5. The van der Waals surface area contributed by atoms with Gasteiger partial charge in [-0.15, -0.1) is 0 Å². The fourth-order valence-corrected chi connectivity index (χ4v) is 8.75. The average Bonchev–Trinajstić information content (AvgIpc) is 3.51. The van der Waals surface area contributed by atoms with Crippen molar-refractivity contribution in [3.8, 4) is 0 Å². The van der Waals surface area contributed by atoms with Crippen molar-refractivity contribution in [2.45, 2.75) is 70.3 Å². The maximum atomic E-state index is 13.6. The predicted molar refractivity (Wildman–Crippen MR) is 121 cm³/mol. The molecule has 5 nitrogen and oxygen atoms in total. The lowest BCUT2D eigenvalue weighted by Crippen LogP contribution is -2.55. The molecule has 1 saturated heterocycles. The average molecular weight is 428 g/mol. The van der Waals surface area contributed by atoms with E-state index in [1.807, 2.05) is 0 Å². The van der Waals surface area contributed by atoms with E-state index in [-0.39, 0.29) is 6.03 Å². The Kier molecular flexibility index (Phi) is 5.76. The van der Waals surface area contributed by atoms with Crippen LogP contribution in [0.15, 0.2) is 11.8 Å². The molecule has 0 radical (unpaired) electrons. The minimum absolute atomic E-state index is 0.238. The van der Waals surface area contributed by atoms with E-state index in [1.54, 1.807) is 0 Å². The van der Waals surface area contributed by atoms with Crippen LogP contribution in [0.2, 0.25) is 0 Å². The highest BCUT2D eigenvalue weighted by molar-refractivity contribution is 5.77. The van der Waals surface area contributed by atoms with Crippen molar-refractivity contribution in [1.82, 2.24) is 15.1 Å². The van der Waals surface area contributed by atoms with Crippen molar-refractivity contribution < 1.29 is 9.53 Å². The second-order valence-corrected chi connectivity index (χ2v) is 11.3. The first-order chi connectivity index (χ1) is 15.3. The van der Waals surface area contributed by atoms with E-state index in [2.05, 4.69) is 21.2 Å². The number of carbonyl (C=O) groups excluding carboxylic acids is 1. The van der Waals surface area contributed by atoms with E-state index in [1.165, 1.54) is 64.2 Å². The van der Waals surface area contributed by atoms with Gasteiger partial charge in [-0.1, -0.05) is 12.8 Å². The number of carbonyl (C=O) groups is 1. The number of urea groups is 1. The van der Waals surface area contributed by atoms with Gasteiger partial charge in [0.15, 0.2) is 0 Å². The predicted octanol–water partition coefficient (Wildman–Crippen LogP) is 4.25. The maximum Gasteiger partial charge on any atom is 0.324 e. The number of piperazine rings is 1. The van der Waals surface area contributed by atoms with Crippen LogP contribution >= 0.6 is 0 Å². The van der Waals surface area contributed by atoms with E-state index in [9.17, 15) is 4.79 Å². The van der Waals surface area contributed by atoms with Crippen molar-refractivity contribution in [3.63, 3.8) is 0 Å². The molecule has 2 heterocycles. The van der Waals surface area contributed by atoms with E-state index in [4.69, 9.17) is 4.74 Å². The van der Waals surface area contributed by atoms with Crippen LogP contribution in [-0.4, -0.2) is 61.3 Å². The van der Waals surface area contributed by atoms with Crippen LogP contribution < -0.4 is 5.32 Å². The van der Waals surface area contributed by atoms with Crippen molar-refractivity contribution in [2.75, 3.05) is 39.4 Å². The standard InChI is InChI=1S/C26H41N3O2/c30-26(28-13-11-27-12-14-28)29(21-10-15-31-17-21)20-6-9-23-19(16-20)5-8-24-22-3-1-2-18(22)4-7-25(23)24/h10,18-20,22-25,27H,1-9,11-17H2. The first-order valence-corrected chi connectivity index (χ1v) is 13.3. The molecule has 6 aliphatic rings. The van der Waals surface area contributed by atoms with Gasteiger partial charge in [-0.3, -0.25) is 4.90 Å². The van der Waals surface area contributed by atoms with Crippen LogP contribution in [-0.2, 0) is 4.74 Å². The topological polar surface area (TPSA) is 44.8 Å². The number of hydrogen-bond donors (Lipinski definition) is 1. The Morgan fingerprint density at radius 1 is 0.903 bits per heavy atom. The minimum atomic E-state index is 0.238. The van der Waals surface area contributed by atoms with Gasteiger partial charge in [-0.05, 0) is 93.0 Å². The van der Waals surface area contributed by atoms with Gasteiger partial charge >= 0.3 is 6.03 Å². The number of amides is 2. The Balaban J connectivity index is 1.17. The number of hydrogen-bond acceptors (Lipinski definition) is 3. The van der Waals surface area contributed by atoms with Gasteiger partial charge in [-0.25, -0.2) is 4.79 Å². The summed E-state index contributed by atoms with van der Waals surface area (Å²) in [6.45, 7) is 4.75. The molecule has 6 rings (SSSR count). The van der Waals surface area contributed by atoms with Crippen LogP contribution in [0.5, 0.6) is 0 Å². The third kappa shape index (κ3) is 3.74. The number of rotatable bonds is 2. The van der Waals surface area contributed by atoms with Crippen LogP contribution in [0.1, 0.15) is 64.2 Å². The Bertz CT molecular complexity index is 703. The Morgan fingerprint density at radius 2 is 1.65 bits per heavy atom. The zero-order valence-electron chi connectivity index (χ0n) is 19.1. The van der Waals surface area contributed by atoms with Gasteiger partial charge < -0.3 is 15.0 Å². The molecule has 0 aromatic heterocycles. The summed E-state index contributed by atoms with van der Waals surface area (Å²) in [6, 6.07) is 0.609. The second kappa shape index (κ2) is 8.70. The zero-order valence-corrected chi connectivity index (χ0v) is 19.1. The molecule has 0 spiro atoms. The van der Waals surface area contributed by atoms with Gasteiger partial charge in [-0.2, -0.15) is 0 Å². The summed E-state index contributed by atoms with van der Waals surface area (Å²) in [4.78, 5) is 17.9. The largest absolute Gasteiger partial charge is 0.371 e. The van der Waals surface area contributed by atoms with Gasteiger partial charge in [0.2, 0.25) is 0 Å². The summed E-state index contributed by atoms with van der Waals surface area (Å²) in [5, 5.41) is 3.39. The van der Waals surface area contributed by atoms with Gasteiger partial charge in [0.25, 0.3) is 0 Å².